The SMILES string of the molecule is CC(N)c1ccc(NC(=O)CCOCC(F)(F)F)cc1. The zero-order valence-electron chi connectivity index (χ0n) is 11.0. The Morgan fingerprint density at radius 1 is 1.35 bits per heavy atom. The average molecular weight is 290 g/mol. The molecule has 0 spiro atoms. The lowest BCUT2D eigenvalue weighted by Gasteiger charge is -2.09. The monoisotopic (exact) mass is 290 g/mol. The summed E-state index contributed by atoms with van der Waals surface area (Å²) in [5.74, 6) is -0.402. The van der Waals surface area contributed by atoms with E-state index in [1.807, 2.05) is 6.92 Å². The molecule has 0 aliphatic rings. The number of alkyl halides is 3. The van der Waals surface area contributed by atoms with Gasteiger partial charge in [0, 0.05) is 11.7 Å². The van der Waals surface area contributed by atoms with Crippen molar-refractivity contribution in [3.8, 4) is 0 Å². The van der Waals surface area contributed by atoms with Crippen LogP contribution in [-0.2, 0) is 9.53 Å². The summed E-state index contributed by atoms with van der Waals surface area (Å²) in [7, 11) is 0. The van der Waals surface area contributed by atoms with Crippen molar-refractivity contribution in [2.24, 2.45) is 5.73 Å². The molecule has 0 aromatic heterocycles. The number of carbonyl (C=O) groups is 1. The van der Waals surface area contributed by atoms with Crippen LogP contribution in [0.4, 0.5) is 18.9 Å². The molecular weight excluding hydrogens is 273 g/mol. The quantitative estimate of drug-likeness (QED) is 0.792. The van der Waals surface area contributed by atoms with E-state index in [2.05, 4.69) is 10.1 Å². The van der Waals surface area contributed by atoms with Crippen LogP contribution in [0.5, 0.6) is 0 Å². The van der Waals surface area contributed by atoms with Gasteiger partial charge >= 0.3 is 6.18 Å². The fourth-order valence-electron chi connectivity index (χ4n) is 1.45. The van der Waals surface area contributed by atoms with Gasteiger partial charge < -0.3 is 15.8 Å². The van der Waals surface area contributed by atoms with Crippen molar-refractivity contribution in [3.05, 3.63) is 29.8 Å². The number of carbonyl (C=O) groups excluding carboxylic acids is 1. The highest BCUT2D eigenvalue weighted by atomic mass is 19.4. The first-order valence-corrected chi connectivity index (χ1v) is 6.08. The van der Waals surface area contributed by atoms with Crippen molar-refractivity contribution >= 4 is 11.6 Å². The van der Waals surface area contributed by atoms with E-state index in [1.165, 1.54) is 0 Å². The van der Waals surface area contributed by atoms with Gasteiger partial charge in [-0.05, 0) is 24.6 Å². The van der Waals surface area contributed by atoms with E-state index in [9.17, 15) is 18.0 Å². The van der Waals surface area contributed by atoms with Gasteiger partial charge in [-0.15, -0.1) is 0 Å². The number of nitrogens with one attached hydrogen (secondary N) is 1. The van der Waals surface area contributed by atoms with Gasteiger partial charge in [0.25, 0.3) is 0 Å². The van der Waals surface area contributed by atoms with Crippen LogP contribution in [0.1, 0.15) is 24.9 Å². The van der Waals surface area contributed by atoms with Crippen LogP contribution in [0.2, 0.25) is 0 Å². The molecule has 7 heteroatoms. The summed E-state index contributed by atoms with van der Waals surface area (Å²) in [4.78, 5) is 11.5. The van der Waals surface area contributed by atoms with Crippen molar-refractivity contribution in [1.82, 2.24) is 0 Å². The molecule has 1 aromatic carbocycles. The van der Waals surface area contributed by atoms with Gasteiger partial charge in [0.1, 0.15) is 6.61 Å². The van der Waals surface area contributed by atoms with Crippen LogP contribution in [-0.4, -0.2) is 25.3 Å². The molecule has 0 aliphatic heterocycles. The molecule has 20 heavy (non-hydrogen) atoms. The smallest absolute Gasteiger partial charge is 0.372 e. The topological polar surface area (TPSA) is 64.3 Å². The third-order valence-corrected chi connectivity index (χ3v) is 2.46. The Morgan fingerprint density at radius 3 is 2.45 bits per heavy atom. The first-order valence-electron chi connectivity index (χ1n) is 6.08. The molecule has 0 radical (unpaired) electrons. The number of rotatable bonds is 6. The maximum Gasteiger partial charge on any atom is 0.411 e. The minimum atomic E-state index is -4.37. The molecule has 3 N–H and O–H groups in total. The number of ether oxygens (including phenoxy) is 1. The number of hydrogen-bond acceptors (Lipinski definition) is 3. The predicted molar refractivity (Wildman–Crippen MR) is 69.2 cm³/mol. The molecule has 1 amide bonds. The van der Waals surface area contributed by atoms with E-state index in [1.54, 1.807) is 24.3 Å². The Balaban J connectivity index is 2.32. The standard InChI is InChI=1S/C13H17F3N2O2/c1-9(17)10-2-4-11(5-3-10)18-12(19)6-7-20-8-13(14,15)16/h2-5,9H,6-8,17H2,1H3,(H,18,19). The summed E-state index contributed by atoms with van der Waals surface area (Å²) >= 11 is 0. The maximum absolute atomic E-state index is 11.8. The Kier molecular flexibility index (Phi) is 5.97. The molecule has 1 aromatic rings. The Hall–Kier alpha value is -1.60. The van der Waals surface area contributed by atoms with Crippen molar-refractivity contribution in [2.45, 2.75) is 25.6 Å². The normalized spacial score (nSPS) is 13.1. The molecule has 0 saturated carbocycles. The van der Waals surface area contributed by atoms with E-state index in [-0.39, 0.29) is 19.1 Å². The molecule has 0 heterocycles. The lowest BCUT2D eigenvalue weighted by molar-refractivity contribution is -0.174. The van der Waals surface area contributed by atoms with Crippen LogP contribution in [0.15, 0.2) is 24.3 Å². The lowest BCUT2D eigenvalue weighted by Crippen LogP contribution is -2.20. The number of benzene rings is 1. The highest BCUT2D eigenvalue weighted by Crippen LogP contribution is 2.15. The summed E-state index contributed by atoms with van der Waals surface area (Å²) in [5, 5.41) is 2.56. The van der Waals surface area contributed by atoms with Gasteiger partial charge in [-0.1, -0.05) is 12.1 Å². The third-order valence-electron chi connectivity index (χ3n) is 2.46. The second kappa shape index (κ2) is 7.25. The van der Waals surface area contributed by atoms with Gasteiger partial charge in [-0.2, -0.15) is 13.2 Å². The molecule has 0 bridgehead atoms. The van der Waals surface area contributed by atoms with Crippen molar-refractivity contribution in [1.29, 1.82) is 0 Å². The molecule has 0 aliphatic carbocycles. The van der Waals surface area contributed by atoms with Crippen molar-refractivity contribution < 1.29 is 22.7 Å². The Morgan fingerprint density at radius 2 is 1.95 bits per heavy atom. The number of hydrogen-bond donors (Lipinski definition) is 2. The Bertz CT molecular complexity index is 430. The first-order chi connectivity index (χ1) is 9.28. The summed E-state index contributed by atoms with van der Waals surface area (Å²) in [6, 6.07) is 6.83. The molecule has 4 nitrogen and oxygen atoms in total. The first kappa shape index (κ1) is 16.5. The van der Waals surface area contributed by atoms with Crippen LogP contribution in [0, 0.1) is 0 Å². The number of halogens is 3. The van der Waals surface area contributed by atoms with E-state index >= 15 is 0 Å². The lowest BCUT2D eigenvalue weighted by atomic mass is 10.1. The van der Waals surface area contributed by atoms with E-state index < -0.39 is 18.7 Å². The molecular formula is C13H17F3N2O2. The molecule has 1 unspecified atom stereocenters. The van der Waals surface area contributed by atoms with E-state index in [4.69, 9.17) is 5.73 Å². The van der Waals surface area contributed by atoms with Gasteiger partial charge in [0.2, 0.25) is 5.91 Å². The zero-order valence-corrected chi connectivity index (χ0v) is 11.0. The summed E-state index contributed by atoms with van der Waals surface area (Å²) in [6.45, 7) is 0.220. The van der Waals surface area contributed by atoms with Gasteiger partial charge in [0.05, 0.1) is 13.0 Å². The van der Waals surface area contributed by atoms with Crippen molar-refractivity contribution in [2.75, 3.05) is 18.5 Å². The number of nitrogens with two attached hydrogens (primary N) is 1. The molecule has 0 saturated heterocycles. The fraction of sp³-hybridized carbons (Fsp3) is 0.462. The maximum atomic E-state index is 11.8. The van der Waals surface area contributed by atoms with E-state index in [0.29, 0.717) is 5.69 Å². The fourth-order valence-corrected chi connectivity index (χ4v) is 1.45. The number of amides is 1. The highest BCUT2D eigenvalue weighted by Gasteiger charge is 2.27. The highest BCUT2D eigenvalue weighted by molar-refractivity contribution is 5.90. The van der Waals surface area contributed by atoms with Gasteiger partial charge in [-0.25, -0.2) is 0 Å². The molecule has 112 valence electrons. The predicted octanol–water partition coefficient (Wildman–Crippen LogP) is 2.61. The van der Waals surface area contributed by atoms with Crippen LogP contribution < -0.4 is 11.1 Å². The van der Waals surface area contributed by atoms with Gasteiger partial charge in [-0.3, -0.25) is 4.79 Å². The van der Waals surface area contributed by atoms with E-state index in [0.717, 1.165) is 5.56 Å². The minimum absolute atomic E-state index is 0.101. The zero-order chi connectivity index (χ0) is 15.2. The second-order valence-electron chi connectivity index (χ2n) is 4.38. The molecule has 1 atom stereocenters. The van der Waals surface area contributed by atoms with Crippen molar-refractivity contribution in [3.63, 3.8) is 0 Å². The molecule has 0 fully saturated rings. The number of anilines is 1. The minimum Gasteiger partial charge on any atom is -0.372 e. The van der Waals surface area contributed by atoms with Gasteiger partial charge in [0.15, 0.2) is 0 Å². The van der Waals surface area contributed by atoms with Crippen LogP contribution >= 0.6 is 0 Å². The molecule has 1 rings (SSSR count). The Labute approximate surface area is 115 Å². The van der Waals surface area contributed by atoms with Crippen LogP contribution in [0.3, 0.4) is 0 Å². The summed E-state index contributed by atoms with van der Waals surface area (Å²) in [6.07, 6.45) is -4.50. The largest absolute Gasteiger partial charge is 0.411 e. The van der Waals surface area contributed by atoms with Crippen LogP contribution in [0.25, 0.3) is 0 Å². The average Bonchev–Trinajstić information content (AvgIpc) is 2.34. The second-order valence-corrected chi connectivity index (χ2v) is 4.38. The third kappa shape index (κ3) is 6.53. The summed E-state index contributed by atoms with van der Waals surface area (Å²) < 4.78 is 39.7. The summed E-state index contributed by atoms with van der Waals surface area (Å²) in [5.41, 5.74) is 7.18.